The zero-order valence-electron chi connectivity index (χ0n) is 12.0. The zero-order valence-corrected chi connectivity index (χ0v) is 12.0. The molecule has 0 saturated carbocycles. The molecule has 2 aromatic rings. The number of aromatic nitrogens is 5. The first-order chi connectivity index (χ1) is 9.47. The molecule has 8 nitrogen and oxygen atoms in total. The Labute approximate surface area is 116 Å². The molecule has 8 heteroatoms. The lowest BCUT2D eigenvalue weighted by Gasteiger charge is -2.05. The lowest BCUT2D eigenvalue weighted by atomic mass is 10.2. The van der Waals surface area contributed by atoms with Crippen molar-refractivity contribution in [2.75, 3.05) is 6.61 Å². The van der Waals surface area contributed by atoms with E-state index in [1.807, 2.05) is 13.8 Å². The summed E-state index contributed by atoms with van der Waals surface area (Å²) in [5, 5.41) is 11.4. The van der Waals surface area contributed by atoms with E-state index < -0.39 is 5.97 Å². The Balaban J connectivity index is 2.08. The molecule has 2 rings (SSSR count). The molecule has 0 fully saturated rings. The van der Waals surface area contributed by atoms with Crippen LogP contribution in [0, 0.1) is 19.8 Å². The fraction of sp³-hybridized carbons (Fsp3) is 0.583. The molecule has 2 aromatic heterocycles. The van der Waals surface area contributed by atoms with E-state index in [4.69, 9.17) is 9.26 Å². The Hall–Kier alpha value is -2.25. The van der Waals surface area contributed by atoms with Crippen LogP contribution in [0.4, 0.5) is 0 Å². The van der Waals surface area contributed by atoms with Crippen molar-refractivity contribution < 1.29 is 14.1 Å². The highest BCUT2D eigenvalue weighted by Gasteiger charge is 2.19. The minimum atomic E-state index is -0.468. The molecule has 0 radical (unpaired) electrons. The molecule has 0 aliphatic rings. The van der Waals surface area contributed by atoms with Crippen LogP contribution in [0.1, 0.15) is 41.7 Å². The highest BCUT2D eigenvalue weighted by atomic mass is 16.5. The van der Waals surface area contributed by atoms with E-state index in [0.717, 1.165) is 0 Å². The van der Waals surface area contributed by atoms with E-state index in [9.17, 15) is 4.79 Å². The molecule has 20 heavy (non-hydrogen) atoms. The third kappa shape index (κ3) is 3.19. The van der Waals surface area contributed by atoms with Gasteiger partial charge in [0.1, 0.15) is 6.54 Å². The van der Waals surface area contributed by atoms with Gasteiger partial charge in [0.25, 0.3) is 0 Å². The van der Waals surface area contributed by atoms with Gasteiger partial charge in [-0.2, -0.15) is 4.98 Å². The van der Waals surface area contributed by atoms with Gasteiger partial charge >= 0.3 is 5.97 Å². The SMILES string of the molecule is Cc1noc(Cn2nnc(C(=O)OCC(C)C)c2C)n1. The number of nitrogens with zero attached hydrogens (tertiary/aromatic N) is 5. The summed E-state index contributed by atoms with van der Waals surface area (Å²) in [6.07, 6.45) is 0. The van der Waals surface area contributed by atoms with Gasteiger partial charge in [0.15, 0.2) is 11.5 Å². The molecule has 0 atom stereocenters. The monoisotopic (exact) mass is 279 g/mol. The molecular formula is C12H17N5O3. The highest BCUT2D eigenvalue weighted by molar-refractivity contribution is 5.88. The van der Waals surface area contributed by atoms with Gasteiger partial charge in [-0.3, -0.25) is 0 Å². The number of hydrogen-bond acceptors (Lipinski definition) is 7. The lowest BCUT2D eigenvalue weighted by Crippen LogP contribution is -2.12. The fourth-order valence-electron chi connectivity index (χ4n) is 1.54. The van der Waals surface area contributed by atoms with Crippen molar-refractivity contribution in [1.29, 1.82) is 0 Å². The predicted octanol–water partition coefficient (Wildman–Crippen LogP) is 1.14. The van der Waals surface area contributed by atoms with Crippen LogP contribution in [0.25, 0.3) is 0 Å². The van der Waals surface area contributed by atoms with E-state index >= 15 is 0 Å². The molecule has 0 N–H and O–H groups in total. The van der Waals surface area contributed by atoms with Crippen LogP contribution >= 0.6 is 0 Å². The van der Waals surface area contributed by atoms with Crippen molar-refractivity contribution >= 4 is 5.97 Å². The standard InChI is InChI=1S/C12H17N5O3/c1-7(2)6-19-12(18)11-8(3)17(16-14-11)5-10-13-9(4)15-20-10/h7H,5-6H2,1-4H3. The Bertz CT molecular complexity index is 602. The Morgan fingerprint density at radius 1 is 1.40 bits per heavy atom. The number of carbonyl (C=O) groups is 1. The predicted molar refractivity (Wildman–Crippen MR) is 68.0 cm³/mol. The van der Waals surface area contributed by atoms with E-state index in [2.05, 4.69) is 20.5 Å². The molecule has 0 saturated heterocycles. The first-order valence-corrected chi connectivity index (χ1v) is 6.33. The maximum Gasteiger partial charge on any atom is 0.360 e. The van der Waals surface area contributed by atoms with Crippen molar-refractivity contribution in [3.8, 4) is 0 Å². The second-order valence-electron chi connectivity index (χ2n) is 4.91. The van der Waals surface area contributed by atoms with Gasteiger partial charge in [0.05, 0.1) is 12.3 Å². The van der Waals surface area contributed by atoms with Crippen molar-refractivity contribution in [2.45, 2.75) is 34.2 Å². The largest absolute Gasteiger partial charge is 0.461 e. The number of carbonyl (C=O) groups excluding carboxylic acids is 1. The normalized spacial score (nSPS) is 11.1. The quantitative estimate of drug-likeness (QED) is 0.757. The van der Waals surface area contributed by atoms with Crippen molar-refractivity contribution in [1.82, 2.24) is 25.1 Å². The topological polar surface area (TPSA) is 95.9 Å². The Morgan fingerprint density at radius 2 is 2.15 bits per heavy atom. The number of aryl methyl sites for hydroxylation is 1. The summed E-state index contributed by atoms with van der Waals surface area (Å²) in [4.78, 5) is 15.9. The molecule has 0 unspecified atom stereocenters. The second kappa shape index (κ2) is 5.81. The van der Waals surface area contributed by atoms with E-state index in [1.54, 1.807) is 13.8 Å². The van der Waals surface area contributed by atoms with Crippen LogP contribution in [-0.2, 0) is 11.3 Å². The second-order valence-corrected chi connectivity index (χ2v) is 4.91. The van der Waals surface area contributed by atoms with Crippen molar-refractivity contribution in [3.63, 3.8) is 0 Å². The number of ether oxygens (including phenoxy) is 1. The molecule has 0 bridgehead atoms. The highest BCUT2D eigenvalue weighted by Crippen LogP contribution is 2.09. The molecule has 0 aliphatic heterocycles. The number of esters is 1. The molecule has 108 valence electrons. The third-order valence-corrected chi connectivity index (χ3v) is 2.58. The summed E-state index contributed by atoms with van der Waals surface area (Å²) in [6, 6.07) is 0. The van der Waals surface area contributed by atoms with Gasteiger partial charge in [-0.05, 0) is 19.8 Å². The zero-order chi connectivity index (χ0) is 14.7. The molecule has 0 aliphatic carbocycles. The molecule has 0 amide bonds. The summed E-state index contributed by atoms with van der Waals surface area (Å²) in [7, 11) is 0. The van der Waals surface area contributed by atoms with Crippen LogP contribution < -0.4 is 0 Å². The van der Waals surface area contributed by atoms with E-state index in [-0.39, 0.29) is 18.2 Å². The Morgan fingerprint density at radius 3 is 2.75 bits per heavy atom. The molecule has 0 aromatic carbocycles. The fourth-order valence-corrected chi connectivity index (χ4v) is 1.54. The van der Waals surface area contributed by atoms with Crippen LogP contribution in [0.2, 0.25) is 0 Å². The smallest absolute Gasteiger partial charge is 0.360 e. The van der Waals surface area contributed by atoms with Crippen LogP contribution in [0.15, 0.2) is 4.52 Å². The summed E-state index contributed by atoms with van der Waals surface area (Å²) in [5.41, 5.74) is 0.816. The van der Waals surface area contributed by atoms with Crippen molar-refractivity contribution in [3.05, 3.63) is 23.1 Å². The van der Waals surface area contributed by atoms with Crippen LogP contribution in [0.5, 0.6) is 0 Å². The minimum Gasteiger partial charge on any atom is -0.461 e. The van der Waals surface area contributed by atoms with Gasteiger partial charge in [0.2, 0.25) is 5.89 Å². The minimum absolute atomic E-state index is 0.210. The van der Waals surface area contributed by atoms with Crippen molar-refractivity contribution in [2.24, 2.45) is 5.92 Å². The first kappa shape index (κ1) is 14.2. The van der Waals surface area contributed by atoms with Crippen LogP contribution in [-0.4, -0.2) is 37.7 Å². The number of rotatable bonds is 5. The van der Waals surface area contributed by atoms with Gasteiger partial charge < -0.3 is 9.26 Å². The average Bonchev–Trinajstić information content (AvgIpc) is 2.95. The van der Waals surface area contributed by atoms with Gasteiger partial charge in [0, 0.05) is 0 Å². The molecule has 2 heterocycles. The summed E-state index contributed by atoms with van der Waals surface area (Å²) in [6.45, 7) is 8.04. The van der Waals surface area contributed by atoms with Gasteiger partial charge in [-0.15, -0.1) is 5.10 Å². The van der Waals surface area contributed by atoms with Gasteiger partial charge in [-0.1, -0.05) is 24.2 Å². The third-order valence-electron chi connectivity index (χ3n) is 2.58. The number of hydrogen-bond donors (Lipinski definition) is 0. The summed E-state index contributed by atoms with van der Waals surface area (Å²) >= 11 is 0. The Kier molecular flexibility index (Phi) is 4.11. The van der Waals surface area contributed by atoms with Crippen LogP contribution in [0.3, 0.4) is 0 Å². The van der Waals surface area contributed by atoms with E-state index in [0.29, 0.717) is 24.0 Å². The maximum atomic E-state index is 11.9. The molecule has 0 spiro atoms. The molecular weight excluding hydrogens is 262 g/mol. The maximum absolute atomic E-state index is 11.9. The van der Waals surface area contributed by atoms with E-state index in [1.165, 1.54) is 4.68 Å². The van der Waals surface area contributed by atoms with Gasteiger partial charge in [-0.25, -0.2) is 9.48 Å². The first-order valence-electron chi connectivity index (χ1n) is 6.33. The summed E-state index contributed by atoms with van der Waals surface area (Å²) in [5.74, 6) is 0.770. The average molecular weight is 279 g/mol. The summed E-state index contributed by atoms with van der Waals surface area (Å²) < 4.78 is 11.7. The lowest BCUT2D eigenvalue weighted by molar-refractivity contribution is 0.0451.